The van der Waals surface area contributed by atoms with Crippen LogP contribution in [0, 0.1) is 5.41 Å². The van der Waals surface area contributed by atoms with E-state index in [9.17, 15) is 14.7 Å². The first-order chi connectivity index (χ1) is 11.3. The third-order valence-electron chi connectivity index (χ3n) is 4.25. The number of hydrogen-bond acceptors (Lipinski definition) is 3. The standard InChI is InChI=1S/C16H15Cl2N3O3/c1-16(15(23)24)5-7-20(9-16)14(22)13-4-6-21(19-13)10-2-3-11(17)12(18)8-10/h2-4,6,8H,5,7,9H2,1H3,(H,23,24)/t16-/m0/s1. The summed E-state index contributed by atoms with van der Waals surface area (Å²) >= 11 is 11.9. The van der Waals surface area contributed by atoms with Crippen LogP contribution in [0.2, 0.25) is 10.0 Å². The quantitative estimate of drug-likeness (QED) is 0.903. The van der Waals surface area contributed by atoms with Crippen molar-refractivity contribution in [2.45, 2.75) is 13.3 Å². The first-order valence-electron chi connectivity index (χ1n) is 7.34. The SMILES string of the molecule is C[C@]1(C(=O)O)CCN(C(=O)c2ccn(-c3ccc(Cl)c(Cl)c3)n2)C1. The minimum absolute atomic E-state index is 0.181. The highest BCUT2D eigenvalue weighted by Gasteiger charge is 2.42. The van der Waals surface area contributed by atoms with Crippen molar-refractivity contribution >= 4 is 35.1 Å². The molecule has 1 aromatic heterocycles. The average Bonchev–Trinajstić information content (AvgIpc) is 3.17. The smallest absolute Gasteiger partial charge is 0.311 e. The number of aliphatic carboxylic acids is 1. The zero-order valence-corrected chi connectivity index (χ0v) is 14.4. The first kappa shape index (κ1) is 16.8. The monoisotopic (exact) mass is 367 g/mol. The van der Waals surface area contributed by atoms with Gasteiger partial charge in [-0.3, -0.25) is 9.59 Å². The zero-order chi connectivity index (χ0) is 17.5. The fourth-order valence-corrected chi connectivity index (χ4v) is 2.97. The summed E-state index contributed by atoms with van der Waals surface area (Å²) in [5.41, 5.74) is 0.0398. The number of halogens is 2. The lowest BCUT2D eigenvalue weighted by atomic mass is 9.90. The van der Waals surface area contributed by atoms with Gasteiger partial charge in [-0.2, -0.15) is 5.10 Å². The summed E-state index contributed by atoms with van der Waals surface area (Å²) < 4.78 is 1.53. The molecule has 0 saturated carbocycles. The summed E-state index contributed by atoms with van der Waals surface area (Å²) in [6, 6.07) is 6.65. The van der Waals surface area contributed by atoms with Crippen LogP contribution in [-0.4, -0.2) is 44.8 Å². The lowest BCUT2D eigenvalue weighted by Crippen LogP contribution is -2.35. The van der Waals surface area contributed by atoms with Gasteiger partial charge in [0.25, 0.3) is 5.91 Å². The molecule has 0 unspecified atom stereocenters. The van der Waals surface area contributed by atoms with E-state index in [1.807, 2.05) is 0 Å². The predicted molar refractivity (Wildman–Crippen MR) is 89.8 cm³/mol. The normalized spacial score (nSPS) is 20.4. The van der Waals surface area contributed by atoms with E-state index in [0.717, 1.165) is 0 Å². The number of hydrogen-bond donors (Lipinski definition) is 1. The molecule has 6 nitrogen and oxygen atoms in total. The molecule has 0 spiro atoms. The maximum Gasteiger partial charge on any atom is 0.311 e. The predicted octanol–water partition coefficient (Wildman–Crippen LogP) is 3.12. The third kappa shape index (κ3) is 2.99. The summed E-state index contributed by atoms with van der Waals surface area (Å²) in [5.74, 6) is -1.17. The maximum absolute atomic E-state index is 12.5. The Morgan fingerprint density at radius 1 is 1.25 bits per heavy atom. The number of rotatable bonds is 3. The lowest BCUT2D eigenvalue weighted by Gasteiger charge is -2.19. The number of amides is 1. The summed E-state index contributed by atoms with van der Waals surface area (Å²) in [5, 5.41) is 14.4. The first-order valence-corrected chi connectivity index (χ1v) is 8.09. The Kier molecular flexibility index (Phi) is 4.27. The van der Waals surface area contributed by atoms with Gasteiger partial charge in [0.15, 0.2) is 5.69 Å². The molecular formula is C16H15Cl2N3O3. The van der Waals surface area contributed by atoms with Crippen LogP contribution < -0.4 is 0 Å². The fourth-order valence-electron chi connectivity index (χ4n) is 2.68. The van der Waals surface area contributed by atoms with Crippen molar-refractivity contribution in [1.82, 2.24) is 14.7 Å². The highest BCUT2D eigenvalue weighted by atomic mass is 35.5. The molecule has 8 heteroatoms. The minimum atomic E-state index is -0.901. The summed E-state index contributed by atoms with van der Waals surface area (Å²) in [6.45, 7) is 2.24. The van der Waals surface area contributed by atoms with E-state index < -0.39 is 11.4 Å². The van der Waals surface area contributed by atoms with Crippen LogP contribution in [0.25, 0.3) is 5.69 Å². The highest BCUT2D eigenvalue weighted by molar-refractivity contribution is 6.42. The molecule has 1 N–H and O–H groups in total. The Labute approximate surface area is 148 Å². The minimum Gasteiger partial charge on any atom is -0.481 e. The van der Waals surface area contributed by atoms with Crippen LogP contribution in [0.3, 0.4) is 0 Å². The Balaban J connectivity index is 1.79. The number of carboxylic acid groups (broad SMARTS) is 1. The molecule has 1 amide bonds. The van der Waals surface area contributed by atoms with Gasteiger partial charge >= 0.3 is 5.97 Å². The highest BCUT2D eigenvalue weighted by Crippen LogP contribution is 2.31. The van der Waals surface area contributed by atoms with Crippen molar-refractivity contribution in [3.8, 4) is 5.69 Å². The van der Waals surface area contributed by atoms with Gasteiger partial charge in [-0.1, -0.05) is 23.2 Å². The Morgan fingerprint density at radius 2 is 2.00 bits per heavy atom. The average molecular weight is 368 g/mol. The van der Waals surface area contributed by atoms with E-state index >= 15 is 0 Å². The van der Waals surface area contributed by atoms with E-state index in [1.165, 1.54) is 9.58 Å². The van der Waals surface area contributed by atoms with E-state index in [2.05, 4.69) is 5.10 Å². The van der Waals surface area contributed by atoms with E-state index in [-0.39, 0.29) is 18.1 Å². The fraction of sp³-hybridized carbons (Fsp3) is 0.312. The third-order valence-corrected chi connectivity index (χ3v) is 4.99. The number of nitrogens with zero attached hydrogens (tertiary/aromatic N) is 3. The van der Waals surface area contributed by atoms with Crippen molar-refractivity contribution in [1.29, 1.82) is 0 Å². The number of carboxylic acids is 1. The van der Waals surface area contributed by atoms with Gasteiger partial charge in [-0.05, 0) is 37.6 Å². The molecule has 24 heavy (non-hydrogen) atoms. The van der Waals surface area contributed by atoms with Crippen LogP contribution >= 0.6 is 23.2 Å². The molecule has 1 aromatic carbocycles. The maximum atomic E-state index is 12.5. The van der Waals surface area contributed by atoms with Crippen LogP contribution in [-0.2, 0) is 4.79 Å². The van der Waals surface area contributed by atoms with E-state index in [4.69, 9.17) is 23.2 Å². The molecule has 0 bridgehead atoms. The second kappa shape index (κ2) is 6.11. The molecule has 3 rings (SSSR count). The molecule has 1 aliphatic heterocycles. The van der Waals surface area contributed by atoms with Gasteiger partial charge < -0.3 is 10.0 Å². The van der Waals surface area contributed by atoms with Crippen molar-refractivity contribution in [2.75, 3.05) is 13.1 Å². The summed E-state index contributed by atoms with van der Waals surface area (Å²) in [7, 11) is 0. The lowest BCUT2D eigenvalue weighted by molar-refractivity contribution is -0.147. The van der Waals surface area contributed by atoms with Crippen LogP contribution in [0.15, 0.2) is 30.5 Å². The topological polar surface area (TPSA) is 75.4 Å². The van der Waals surface area contributed by atoms with E-state index in [1.54, 1.807) is 37.4 Å². The number of likely N-dealkylation sites (tertiary alicyclic amines) is 1. The second-order valence-electron chi connectivity index (χ2n) is 6.09. The number of carbonyl (C=O) groups is 2. The van der Waals surface area contributed by atoms with Crippen molar-refractivity contribution in [2.24, 2.45) is 5.41 Å². The molecule has 2 heterocycles. The van der Waals surface area contributed by atoms with Gasteiger partial charge in [0.05, 0.1) is 21.1 Å². The van der Waals surface area contributed by atoms with Crippen molar-refractivity contribution in [3.05, 3.63) is 46.2 Å². The van der Waals surface area contributed by atoms with Gasteiger partial charge in [0.1, 0.15) is 0 Å². The second-order valence-corrected chi connectivity index (χ2v) is 6.90. The molecule has 1 atom stereocenters. The van der Waals surface area contributed by atoms with Crippen LogP contribution in [0.4, 0.5) is 0 Å². The largest absolute Gasteiger partial charge is 0.481 e. The molecule has 1 saturated heterocycles. The molecule has 2 aromatic rings. The Morgan fingerprint density at radius 3 is 2.62 bits per heavy atom. The number of carbonyl (C=O) groups excluding carboxylic acids is 1. The van der Waals surface area contributed by atoms with Gasteiger partial charge in [0, 0.05) is 19.3 Å². The molecular weight excluding hydrogens is 353 g/mol. The molecule has 1 aliphatic rings. The molecule has 1 fully saturated rings. The Bertz CT molecular complexity index is 821. The van der Waals surface area contributed by atoms with Gasteiger partial charge in [0.2, 0.25) is 0 Å². The molecule has 0 aliphatic carbocycles. The summed E-state index contributed by atoms with van der Waals surface area (Å²) in [4.78, 5) is 25.4. The van der Waals surface area contributed by atoms with Crippen LogP contribution in [0.1, 0.15) is 23.8 Å². The summed E-state index contributed by atoms with van der Waals surface area (Å²) in [6.07, 6.45) is 2.08. The molecule has 0 radical (unpaired) electrons. The number of benzene rings is 1. The number of aromatic nitrogens is 2. The van der Waals surface area contributed by atoms with Gasteiger partial charge in [-0.25, -0.2) is 4.68 Å². The Hall–Kier alpha value is -2.05. The van der Waals surface area contributed by atoms with Crippen molar-refractivity contribution in [3.63, 3.8) is 0 Å². The van der Waals surface area contributed by atoms with E-state index in [0.29, 0.717) is 28.7 Å². The van der Waals surface area contributed by atoms with Crippen LogP contribution in [0.5, 0.6) is 0 Å². The zero-order valence-electron chi connectivity index (χ0n) is 12.9. The van der Waals surface area contributed by atoms with Gasteiger partial charge in [-0.15, -0.1) is 0 Å². The van der Waals surface area contributed by atoms with Crippen molar-refractivity contribution < 1.29 is 14.7 Å². The molecule has 126 valence electrons.